The minimum atomic E-state index is -0.564. The fourth-order valence-electron chi connectivity index (χ4n) is 1.71. The van der Waals surface area contributed by atoms with Crippen LogP contribution >= 0.6 is 0 Å². The summed E-state index contributed by atoms with van der Waals surface area (Å²) in [5.74, 6) is 0.0610. The molecule has 0 amide bonds. The first-order valence-corrected chi connectivity index (χ1v) is 5.94. The average molecular weight is 262 g/mol. The average Bonchev–Trinajstić information content (AvgIpc) is 2.73. The van der Waals surface area contributed by atoms with Crippen LogP contribution in [0.1, 0.15) is 37.0 Å². The van der Waals surface area contributed by atoms with Crippen molar-refractivity contribution < 1.29 is 13.7 Å². The molecule has 0 atom stereocenters. The molecule has 0 aliphatic carbocycles. The Labute approximate surface area is 110 Å². The smallest absolute Gasteiger partial charge is 0.223 e. The molecule has 0 spiro atoms. The van der Waals surface area contributed by atoms with Crippen molar-refractivity contribution in [2.24, 2.45) is 5.41 Å². The Bertz CT molecular complexity index is 627. The van der Waals surface area contributed by atoms with E-state index in [0.717, 1.165) is 0 Å². The first-order chi connectivity index (χ1) is 8.79. The molecule has 0 saturated heterocycles. The quantitative estimate of drug-likeness (QED) is 0.778. The summed E-state index contributed by atoms with van der Waals surface area (Å²) in [6.07, 6.45) is 0. The molecular weight excluding hydrogens is 247 g/mol. The summed E-state index contributed by atoms with van der Waals surface area (Å²) in [5.41, 5.74) is 0.192. The van der Waals surface area contributed by atoms with E-state index in [9.17, 15) is 9.18 Å². The van der Waals surface area contributed by atoms with Crippen LogP contribution in [0.3, 0.4) is 0 Å². The van der Waals surface area contributed by atoms with Crippen LogP contribution in [0.5, 0.6) is 0 Å². The maximum absolute atomic E-state index is 13.4. The van der Waals surface area contributed by atoms with E-state index in [2.05, 4.69) is 10.1 Å². The summed E-state index contributed by atoms with van der Waals surface area (Å²) in [6.45, 7) is 7.07. The van der Waals surface area contributed by atoms with Crippen molar-refractivity contribution in [3.05, 3.63) is 35.5 Å². The van der Waals surface area contributed by atoms with E-state index in [1.807, 2.05) is 20.8 Å². The molecule has 4 nitrogen and oxygen atoms in total. The van der Waals surface area contributed by atoms with Crippen molar-refractivity contribution >= 4 is 5.78 Å². The maximum atomic E-state index is 13.4. The van der Waals surface area contributed by atoms with Crippen molar-refractivity contribution in [2.45, 2.75) is 27.7 Å². The molecular formula is C14H15FN2O2. The van der Waals surface area contributed by atoms with E-state index < -0.39 is 11.2 Å². The normalized spacial score (nSPS) is 11.6. The number of aryl methyl sites for hydroxylation is 1. The molecule has 0 N–H and O–H groups in total. The molecule has 0 fully saturated rings. The minimum Gasteiger partial charge on any atom is -0.339 e. The number of halogens is 1. The zero-order chi connectivity index (χ0) is 14.2. The van der Waals surface area contributed by atoms with Crippen LogP contribution in [0, 0.1) is 18.2 Å². The van der Waals surface area contributed by atoms with Crippen molar-refractivity contribution in [1.29, 1.82) is 0 Å². The summed E-state index contributed by atoms with van der Waals surface area (Å²) in [4.78, 5) is 16.4. The minimum absolute atomic E-state index is 0.0926. The summed E-state index contributed by atoms with van der Waals surface area (Å²) >= 11 is 0. The third kappa shape index (κ3) is 2.70. The van der Waals surface area contributed by atoms with Gasteiger partial charge in [-0.2, -0.15) is 4.98 Å². The van der Waals surface area contributed by atoms with Crippen LogP contribution < -0.4 is 0 Å². The molecule has 1 aromatic heterocycles. The van der Waals surface area contributed by atoms with Crippen LogP contribution in [0.4, 0.5) is 4.39 Å². The Hall–Kier alpha value is -2.04. The highest BCUT2D eigenvalue weighted by molar-refractivity contribution is 6.04. The van der Waals surface area contributed by atoms with Gasteiger partial charge >= 0.3 is 0 Å². The fraction of sp³-hybridized carbons (Fsp3) is 0.357. The number of carbonyl (C=O) groups is 1. The van der Waals surface area contributed by atoms with Gasteiger partial charge in [0, 0.05) is 23.5 Å². The van der Waals surface area contributed by atoms with Gasteiger partial charge in [-0.3, -0.25) is 4.79 Å². The van der Waals surface area contributed by atoms with Crippen molar-refractivity contribution in [3.8, 4) is 11.4 Å². The molecule has 2 rings (SSSR count). The molecule has 0 radical (unpaired) electrons. The van der Waals surface area contributed by atoms with E-state index >= 15 is 0 Å². The van der Waals surface area contributed by atoms with Crippen LogP contribution in [-0.2, 0) is 0 Å². The van der Waals surface area contributed by atoms with Crippen LogP contribution in [0.15, 0.2) is 22.7 Å². The van der Waals surface area contributed by atoms with Gasteiger partial charge in [0.15, 0.2) is 5.78 Å². The lowest BCUT2D eigenvalue weighted by atomic mass is 9.84. The number of nitrogens with zero attached hydrogens (tertiary/aromatic N) is 2. The number of hydrogen-bond acceptors (Lipinski definition) is 4. The molecule has 5 heteroatoms. The number of Topliss-reactive ketones (excluding diaryl/α,β-unsaturated/α-hetero) is 1. The van der Waals surface area contributed by atoms with Gasteiger partial charge in [-0.15, -0.1) is 0 Å². The Morgan fingerprint density at radius 2 is 2.00 bits per heavy atom. The third-order valence-corrected chi connectivity index (χ3v) is 2.68. The third-order valence-electron chi connectivity index (χ3n) is 2.68. The van der Waals surface area contributed by atoms with Gasteiger partial charge in [0.25, 0.3) is 0 Å². The van der Waals surface area contributed by atoms with Gasteiger partial charge in [0.2, 0.25) is 11.7 Å². The molecule has 1 heterocycles. The number of carbonyl (C=O) groups excluding carboxylic acids is 1. The van der Waals surface area contributed by atoms with Gasteiger partial charge in [-0.25, -0.2) is 4.39 Å². The second-order valence-electron chi connectivity index (χ2n) is 5.41. The lowest BCUT2D eigenvalue weighted by Gasteiger charge is -2.18. The van der Waals surface area contributed by atoms with Crippen LogP contribution in [0.25, 0.3) is 11.4 Å². The zero-order valence-electron chi connectivity index (χ0n) is 11.3. The molecule has 19 heavy (non-hydrogen) atoms. The highest BCUT2D eigenvalue weighted by atomic mass is 19.1. The lowest BCUT2D eigenvalue weighted by Crippen LogP contribution is -2.21. The molecule has 0 aliphatic rings. The largest absolute Gasteiger partial charge is 0.339 e. The van der Waals surface area contributed by atoms with Gasteiger partial charge in [0.05, 0.1) is 0 Å². The Morgan fingerprint density at radius 3 is 2.53 bits per heavy atom. The highest BCUT2D eigenvalue weighted by Crippen LogP contribution is 2.28. The van der Waals surface area contributed by atoms with Crippen LogP contribution in [0.2, 0.25) is 0 Å². The molecule has 0 bridgehead atoms. The Balaban J connectivity index is 2.60. The van der Waals surface area contributed by atoms with Crippen LogP contribution in [-0.4, -0.2) is 15.9 Å². The maximum Gasteiger partial charge on any atom is 0.223 e. The SMILES string of the molecule is Cc1nc(-c2cc(F)ccc2C(=O)C(C)(C)C)no1. The molecule has 0 unspecified atom stereocenters. The number of hydrogen-bond donors (Lipinski definition) is 0. The molecule has 0 aliphatic heterocycles. The molecule has 0 saturated carbocycles. The second-order valence-corrected chi connectivity index (χ2v) is 5.41. The standard InChI is InChI=1S/C14H15FN2O2/c1-8-16-13(17-19-8)11-7-9(15)5-6-10(11)12(18)14(2,3)4/h5-7H,1-4H3. The van der Waals surface area contributed by atoms with Crippen molar-refractivity contribution in [1.82, 2.24) is 10.1 Å². The van der Waals surface area contributed by atoms with Crippen molar-refractivity contribution in [2.75, 3.05) is 0 Å². The first kappa shape index (κ1) is 13.4. The first-order valence-electron chi connectivity index (χ1n) is 5.94. The molecule has 1 aromatic carbocycles. The Morgan fingerprint density at radius 1 is 1.32 bits per heavy atom. The topological polar surface area (TPSA) is 56.0 Å². The zero-order valence-corrected chi connectivity index (χ0v) is 11.3. The Kier molecular flexibility index (Phi) is 3.22. The second kappa shape index (κ2) is 4.57. The molecule has 100 valence electrons. The van der Waals surface area contributed by atoms with Gasteiger partial charge < -0.3 is 4.52 Å². The van der Waals surface area contributed by atoms with Gasteiger partial charge in [0.1, 0.15) is 5.82 Å². The molecule has 2 aromatic rings. The predicted octanol–water partition coefficient (Wildman–Crippen LogP) is 3.41. The number of ketones is 1. The number of rotatable bonds is 2. The summed E-state index contributed by atoms with van der Waals surface area (Å²) < 4.78 is 18.3. The van der Waals surface area contributed by atoms with E-state index in [0.29, 0.717) is 17.0 Å². The number of aromatic nitrogens is 2. The number of benzene rings is 1. The monoisotopic (exact) mass is 262 g/mol. The van der Waals surface area contributed by atoms with Gasteiger partial charge in [-0.1, -0.05) is 25.9 Å². The predicted molar refractivity (Wildman–Crippen MR) is 68.2 cm³/mol. The fourth-order valence-corrected chi connectivity index (χ4v) is 1.71. The van der Waals surface area contributed by atoms with Gasteiger partial charge in [-0.05, 0) is 18.2 Å². The van der Waals surface area contributed by atoms with E-state index in [1.54, 1.807) is 6.92 Å². The van der Waals surface area contributed by atoms with E-state index in [1.165, 1.54) is 18.2 Å². The lowest BCUT2D eigenvalue weighted by molar-refractivity contribution is 0.0859. The van der Waals surface area contributed by atoms with E-state index in [4.69, 9.17) is 4.52 Å². The highest BCUT2D eigenvalue weighted by Gasteiger charge is 2.27. The summed E-state index contributed by atoms with van der Waals surface area (Å²) in [5, 5.41) is 3.75. The summed E-state index contributed by atoms with van der Waals surface area (Å²) in [7, 11) is 0. The summed E-state index contributed by atoms with van der Waals surface area (Å²) in [6, 6.07) is 3.97. The van der Waals surface area contributed by atoms with Crippen molar-refractivity contribution in [3.63, 3.8) is 0 Å². The van der Waals surface area contributed by atoms with E-state index in [-0.39, 0.29) is 11.6 Å².